The van der Waals surface area contributed by atoms with E-state index < -0.39 is 0 Å². The lowest BCUT2D eigenvalue weighted by Crippen LogP contribution is -2.28. The molecule has 1 aromatic rings. The van der Waals surface area contributed by atoms with Crippen molar-refractivity contribution in [2.75, 3.05) is 24.2 Å². The molecule has 2 N–H and O–H groups in total. The Morgan fingerprint density at radius 2 is 2.29 bits per heavy atom. The second-order valence-corrected chi connectivity index (χ2v) is 5.85. The molecule has 2 rings (SSSR count). The third kappa shape index (κ3) is 2.63. The van der Waals surface area contributed by atoms with Crippen molar-refractivity contribution in [2.45, 2.75) is 32.6 Å². The van der Waals surface area contributed by atoms with Crippen LogP contribution in [0.4, 0.5) is 10.7 Å². The van der Waals surface area contributed by atoms with Crippen molar-refractivity contribution in [1.29, 1.82) is 0 Å². The van der Waals surface area contributed by atoms with Gasteiger partial charge in [0.25, 0.3) is 0 Å². The summed E-state index contributed by atoms with van der Waals surface area (Å²) in [5.41, 5.74) is 6.53. The highest BCUT2D eigenvalue weighted by Crippen LogP contribution is 2.35. The molecule has 1 aliphatic rings. The average molecular weight is 252 g/mol. The van der Waals surface area contributed by atoms with Crippen LogP contribution in [0, 0.1) is 5.92 Å². The number of carbonyl (C=O) groups excluding carboxylic acids is 1. The van der Waals surface area contributed by atoms with E-state index in [1.807, 2.05) is 13.0 Å². The maximum atomic E-state index is 11.7. The molecule has 0 amide bonds. The molecular formula is C13H20N2OS. The van der Waals surface area contributed by atoms with E-state index in [2.05, 4.69) is 11.9 Å². The first kappa shape index (κ1) is 12.4. The number of ketones is 1. The van der Waals surface area contributed by atoms with Crippen LogP contribution < -0.4 is 10.6 Å². The molecule has 0 radical (unpaired) electrons. The van der Waals surface area contributed by atoms with Gasteiger partial charge in [-0.05, 0) is 24.8 Å². The first-order chi connectivity index (χ1) is 8.11. The predicted molar refractivity (Wildman–Crippen MR) is 74.0 cm³/mol. The van der Waals surface area contributed by atoms with Crippen LogP contribution in [0.15, 0.2) is 6.07 Å². The summed E-state index contributed by atoms with van der Waals surface area (Å²) >= 11 is 1.53. The summed E-state index contributed by atoms with van der Waals surface area (Å²) in [5.74, 6) is 0.976. The molecule has 0 spiro atoms. The van der Waals surface area contributed by atoms with Gasteiger partial charge in [0.15, 0.2) is 5.78 Å². The van der Waals surface area contributed by atoms with Crippen molar-refractivity contribution >= 4 is 27.8 Å². The normalized spacial score (nSPS) is 15.6. The summed E-state index contributed by atoms with van der Waals surface area (Å²) in [6.07, 6.45) is 4.57. The third-order valence-corrected chi connectivity index (χ3v) is 4.76. The molecule has 1 heterocycles. The molecule has 1 saturated carbocycles. The van der Waals surface area contributed by atoms with Gasteiger partial charge in [-0.15, -0.1) is 11.3 Å². The number of anilines is 2. The van der Waals surface area contributed by atoms with Crippen molar-refractivity contribution in [3.05, 3.63) is 10.9 Å². The molecule has 0 saturated heterocycles. The maximum absolute atomic E-state index is 11.7. The van der Waals surface area contributed by atoms with Crippen molar-refractivity contribution in [3.63, 3.8) is 0 Å². The number of carbonyl (C=O) groups is 1. The fraction of sp³-hybridized carbons (Fsp3) is 0.615. The molecule has 1 fully saturated rings. The van der Waals surface area contributed by atoms with E-state index in [9.17, 15) is 4.79 Å². The van der Waals surface area contributed by atoms with E-state index in [4.69, 9.17) is 5.73 Å². The lowest BCUT2D eigenvalue weighted by molar-refractivity contribution is 0.0993. The van der Waals surface area contributed by atoms with E-state index in [0.717, 1.165) is 22.3 Å². The van der Waals surface area contributed by atoms with Crippen molar-refractivity contribution in [2.24, 2.45) is 5.92 Å². The third-order valence-electron chi connectivity index (χ3n) is 3.46. The Morgan fingerprint density at radius 1 is 1.59 bits per heavy atom. The summed E-state index contributed by atoms with van der Waals surface area (Å²) in [6, 6.07) is 1.94. The fourth-order valence-corrected chi connectivity index (χ4v) is 3.17. The highest BCUT2D eigenvalue weighted by atomic mass is 32.1. The van der Waals surface area contributed by atoms with Gasteiger partial charge in [-0.2, -0.15) is 0 Å². The highest BCUT2D eigenvalue weighted by molar-refractivity contribution is 7.18. The monoisotopic (exact) mass is 252 g/mol. The number of thiophene rings is 1. The van der Waals surface area contributed by atoms with Crippen LogP contribution in [-0.4, -0.2) is 19.4 Å². The van der Waals surface area contributed by atoms with Gasteiger partial charge in [0.2, 0.25) is 0 Å². The van der Waals surface area contributed by atoms with Gasteiger partial charge in [-0.1, -0.05) is 13.3 Å². The second kappa shape index (κ2) is 5.08. The molecule has 1 aliphatic carbocycles. The van der Waals surface area contributed by atoms with Crippen molar-refractivity contribution in [3.8, 4) is 0 Å². The molecule has 0 aromatic carbocycles. The van der Waals surface area contributed by atoms with Crippen molar-refractivity contribution < 1.29 is 4.79 Å². The van der Waals surface area contributed by atoms with E-state index in [-0.39, 0.29) is 5.78 Å². The summed E-state index contributed by atoms with van der Waals surface area (Å²) in [4.78, 5) is 14.6. The van der Waals surface area contributed by atoms with Crippen LogP contribution in [0.3, 0.4) is 0 Å². The molecular weight excluding hydrogens is 232 g/mol. The molecule has 4 heteroatoms. The zero-order valence-electron chi connectivity index (χ0n) is 10.5. The van der Waals surface area contributed by atoms with Crippen LogP contribution in [-0.2, 0) is 0 Å². The minimum absolute atomic E-state index is 0.149. The number of hydrogen-bond acceptors (Lipinski definition) is 4. The zero-order chi connectivity index (χ0) is 12.4. The maximum Gasteiger partial charge on any atom is 0.174 e. The summed E-state index contributed by atoms with van der Waals surface area (Å²) in [6.45, 7) is 2.96. The SMILES string of the molecule is CCC(=O)c1sc(N(C)CC2CCC2)cc1N. The Kier molecular flexibility index (Phi) is 3.72. The number of nitrogen functional groups attached to an aromatic ring is 1. The van der Waals surface area contributed by atoms with Crippen LogP contribution in [0.2, 0.25) is 0 Å². The summed E-state index contributed by atoms with van der Waals surface area (Å²) in [7, 11) is 2.09. The average Bonchev–Trinajstić information content (AvgIpc) is 2.64. The Balaban J connectivity index is 2.07. The lowest BCUT2D eigenvalue weighted by Gasteiger charge is -2.30. The minimum Gasteiger partial charge on any atom is -0.397 e. The molecule has 0 atom stereocenters. The van der Waals surface area contributed by atoms with E-state index >= 15 is 0 Å². The van der Waals surface area contributed by atoms with E-state index in [0.29, 0.717) is 12.1 Å². The van der Waals surface area contributed by atoms with Gasteiger partial charge in [-0.25, -0.2) is 0 Å². The first-order valence-electron chi connectivity index (χ1n) is 6.25. The summed E-state index contributed by atoms with van der Waals surface area (Å²) < 4.78 is 0. The largest absolute Gasteiger partial charge is 0.397 e. The van der Waals surface area contributed by atoms with Crippen LogP contribution >= 0.6 is 11.3 Å². The topological polar surface area (TPSA) is 46.3 Å². The standard InChI is InChI=1S/C13H20N2OS/c1-3-11(16)13-10(14)7-12(17-13)15(2)8-9-5-4-6-9/h7,9H,3-6,8,14H2,1-2H3. The first-order valence-corrected chi connectivity index (χ1v) is 7.07. The number of Topliss-reactive ketones (excluding diaryl/α,β-unsaturated/α-hetero) is 1. The lowest BCUT2D eigenvalue weighted by atomic mass is 9.85. The fourth-order valence-electron chi connectivity index (χ4n) is 2.11. The highest BCUT2D eigenvalue weighted by Gasteiger charge is 2.21. The minimum atomic E-state index is 0.149. The molecule has 94 valence electrons. The molecule has 17 heavy (non-hydrogen) atoms. The molecule has 1 aromatic heterocycles. The predicted octanol–water partition coefficient (Wildman–Crippen LogP) is 3.16. The van der Waals surface area contributed by atoms with Crippen LogP contribution in [0.1, 0.15) is 42.3 Å². The molecule has 3 nitrogen and oxygen atoms in total. The van der Waals surface area contributed by atoms with Gasteiger partial charge in [-0.3, -0.25) is 4.79 Å². The van der Waals surface area contributed by atoms with E-state index in [1.165, 1.54) is 30.6 Å². The van der Waals surface area contributed by atoms with Crippen LogP contribution in [0.5, 0.6) is 0 Å². The zero-order valence-corrected chi connectivity index (χ0v) is 11.3. The Morgan fingerprint density at radius 3 is 2.82 bits per heavy atom. The van der Waals surface area contributed by atoms with Gasteiger partial charge >= 0.3 is 0 Å². The Bertz CT molecular complexity index is 410. The molecule has 0 aliphatic heterocycles. The number of nitrogens with two attached hydrogens (primary N) is 1. The van der Waals surface area contributed by atoms with E-state index in [1.54, 1.807) is 0 Å². The van der Waals surface area contributed by atoms with Gasteiger partial charge in [0.1, 0.15) is 0 Å². The molecule has 0 bridgehead atoms. The van der Waals surface area contributed by atoms with Gasteiger partial charge in [0, 0.05) is 20.0 Å². The molecule has 0 unspecified atom stereocenters. The number of nitrogens with zero attached hydrogens (tertiary/aromatic N) is 1. The quantitative estimate of drug-likeness (QED) is 0.819. The number of hydrogen-bond donors (Lipinski definition) is 1. The van der Waals surface area contributed by atoms with Gasteiger partial charge < -0.3 is 10.6 Å². The Labute approximate surface area is 107 Å². The number of rotatable bonds is 5. The second-order valence-electron chi connectivity index (χ2n) is 4.82. The Hall–Kier alpha value is -1.03. The summed E-state index contributed by atoms with van der Waals surface area (Å²) in [5, 5.41) is 1.12. The van der Waals surface area contributed by atoms with Crippen LogP contribution in [0.25, 0.3) is 0 Å². The van der Waals surface area contributed by atoms with Gasteiger partial charge in [0.05, 0.1) is 15.6 Å². The smallest absolute Gasteiger partial charge is 0.174 e. The van der Waals surface area contributed by atoms with Crippen molar-refractivity contribution in [1.82, 2.24) is 0 Å².